The Balaban J connectivity index is 0.00000264. The van der Waals surface area contributed by atoms with Gasteiger partial charge >= 0.3 is 5.96 Å². The predicted octanol–water partition coefficient (Wildman–Crippen LogP) is -4.96. The van der Waals surface area contributed by atoms with E-state index in [0.717, 1.165) is 44.4 Å². The Labute approximate surface area is 143 Å². The molecule has 2 aliphatic rings. The second-order valence-electron chi connectivity index (χ2n) is 5.57. The summed E-state index contributed by atoms with van der Waals surface area (Å²) in [5.41, 5.74) is 0. The fraction of sp³-hybridized carbons (Fsp3) is 0.909. The lowest BCUT2D eigenvalue weighted by atomic mass is 10.1. The van der Waals surface area contributed by atoms with Crippen molar-refractivity contribution < 1.29 is 42.2 Å². The van der Waals surface area contributed by atoms with Gasteiger partial charge in [-0.1, -0.05) is 0 Å². The molecule has 0 aromatic carbocycles. The second kappa shape index (κ2) is 7.97. The molecule has 0 bridgehead atoms. The van der Waals surface area contributed by atoms with Crippen molar-refractivity contribution in [1.82, 2.24) is 10.6 Å². The Bertz CT molecular complexity index is 595. The Kier molecular flexibility index (Phi) is 7.08. The highest BCUT2D eigenvalue weighted by atomic mass is 35.5. The Morgan fingerprint density at radius 1 is 0.957 bits per heavy atom. The summed E-state index contributed by atoms with van der Waals surface area (Å²) < 4.78 is 55.9. The highest BCUT2D eigenvalue weighted by Gasteiger charge is 2.32. The molecule has 0 aliphatic carbocycles. The third-order valence-electron chi connectivity index (χ3n) is 3.46. The molecular formula is C11H22ClN3O6S2. The minimum atomic E-state index is -3.46. The maximum atomic E-state index is 11.0. The molecular weight excluding hydrogens is 370 g/mol. The zero-order chi connectivity index (χ0) is 16.4. The molecule has 0 amide bonds. The van der Waals surface area contributed by atoms with Gasteiger partial charge in [-0.05, 0) is 0 Å². The van der Waals surface area contributed by atoms with Crippen LogP contribution in [0.25, 0.3) is 0 Å². The lowest BCUT2D eigenvalue weighted by Gasteiger charge is -2.31. The van der Waals surface area contributed by atoms with Gasteiger partial charge in [-0.25, -0.2) is 0 Å². The van der Waals surface area contributed by atoms with E-state index in [4.69, 9.17) is 8.37 Å². The van der Waals surface area contributed by atoms with Gasteiger partial charge in [-0.15, -0.1) is 0 Å². The molecule has 2 atom stereocenters. The third-order valence-corrected chi connectivity index (χ3v) is 4.59. The molecule has 0 unspecified atom stereocenters. The van der Waals surface area contributed by atoms with Gasteiger partial charge < -0.3 is 12.4 Å². The van der Waals surface area contributed by atoms with Crippen molar-refractivity contribution in [3.63, 3.8) is 0 Å². The first-order chi connectivity index (χ1) is 10.1. The normalized spacial score (nSPS) is 25.0. The molecule has 0 saturated heterocycles. The van der Waals surface area contributed by atoms with Gasteiger partial charge in [0.15, 0.2) is 0 Å². The zero-order valence-corrected chi connectivity index (χ0v) is 15.4. The van der Waals surface area contributed by atoms with E-state index in [1.54, 1.807) is 0 Å². The molecule has 2 aliphatic heterocycles. The van der Waals surface area contributed by atoms with E-state index < -0.39 is 20.2 Å². The highest BCUT2D eigenvalue weighted by molar-refractivity contribution is 7.86. The summed E-state index contributed by atoms with van der Waals surface area (Å²) in [6.07, 6.45) is 3.58. The van der Waals surface area contributed by atoms with Crippen LogP contribution in [0.3, 0.4) is 0 Å². The van der Waals surface area contributed by atoms with E-state index in [2.05, 4.69) is 15.2 Å². The topological polar surface area (TPSA) is 114 Å². The third kappa shape index (κ3) is 7.21. The summed E-state index contributed by atoms with van der Waals surface area (Å²) in [7, 11) is -6.92. The summed E-state index contributed by atoms with van der Waals surface area (Å²) in [6.45, 7) is 1.71. The lowest BCUT2D eigenvalue weighted by molar-refractivity contribution is -0.542. The number of hydrogen-bond acceptors (Lipinski definition) is 8. The molecule has 136 valence electrons. The van der Waals surface area contributed by atoms with Crippen molar-refractivity contribution >= 4 is 26.2 Å². The smallest absolute Gasteiger partial charge is 0.346 e. The SMILES string of the molecule is CS(=O)(=O)OC[C@@H]1CC[N+]2=C(N1)N[C@H](COS(C)(=O)=O)CC2.[Cl-]. The largest absolute Gasteiger partial charge is 1.00 e. The van der Waals surface area contributed by atoms with Crippen molar-refractivity contribution in [3.05, 3.63) is 0 Å². The molecule has 0 spiro atoms. The van der Waals surface area contributed by atoms with E-state index in [1.807, 2.05) is 0 Å². The first kappa shape index (κ1) is 20.4. The van der Waals surface area contributed by atoms with Crippen molar-refractivity contribution in [2.75, 3.05) is 38.8 Å². The fourth-order valence-corrected chi connectivity index (χ4v) is 3.20. The molecule has 12 heteroatoms. The number of rotatable bonds is 6. The van der Waals surface area contributed by atoms with Gasteiger partial charge in [-0.2, -0.15) is 16.8 Å². The monoisotopic (exact) mass is 391 g/mol. The summed E-state index contributed by atoms with van der Waals surface area (Å²) >= 11 is 0. The number of nitrogens with one attached hydrogen (secondary N) is 2. The molecule has 0 radical (unpaired) electrons. The van der Waals surface area contributed by atoms with E-state index in [-0.39, 0.29) is 37.7 Å². The van der Waals surface area contributed by atoms with Gasteiger partial charge in [0.25, 0.3) is 20.2 Å². The first-order valence-corrected chi connectivity index (χ1v) is 10.6. The van der Waals surface area contributed by atoms with Gasteiger partial charge in [-0.3, -0.25) is 23.6 Å². The van der Waals surface area contributed by atoms with Crippen LogP contribution < -0.4 is 23.0 Å². The molecule has 23 heavy (non-hydrogen) atoms. The molecule has 2 N–H and O–H groups in total. The van der Waals surface area contributed by atoms with Gasteiger partial charge in [0.05, 0.1) is 38.8 Å². The van der Waals surface area contributed by atoms with Crippen LogP contribution >= 0.6 is 0 Å². The molecule has 9 nitrogen and oxygen atoms in total. The van der Waals surface area contributed by atoms with E-state index in [1.165, 1.54) is 0 Å². The summed E-state index contributed by atoms with van der Waals surface area (Å²) in [5.74, 6) is 0.765. The fourth-order valence-electron chi connectivity index (χ4n) is 2.38. The van der Waals surface area contributed by atoms with Crippen LogP contribution in [0.5, 0.6) is 0 Å². The maximum absolute atomic E-state index is 11.0. The number of guanidine groups is 1. The van der Waals surface area contributed by atoms with Gasteiger partial charge in [0.1, 0.15) is 12.1 Å². The summed E-state index contributed by atoms with van der Waals surface area (Å²) in [6, 6.07) is -0.217. The zero-order valence-electron chi connectivity index (χ0n) is 13.0. The van der Waals surface area contributed by atoms with Crippen LogP contribution in [0.2, 0.25) is 0 Å². The van der Waals surface area contributed by atoms with Crippen LogP contribution in [0.1, 0.15) is 12.8 Å². The average Bonchev–Trinajstić information content (AvgIpc) is 2.41. The summed E-state index contributed by atoms with van der Waals surface area (Å²) in [5, 5.41) is 6.38. The molecule has 2 heterocycles. The van der Waals surface area contributed by atoms with Gasteiger partial charge in [0.2, 0.25) is 0 Å². The van der Waals surface area contributed by atoms with Crippen molar-refractivity contribution in [2.45, 2.75) is 24.9 Å². The average molecular weight is 392 g/mol. The predicted molar refractivity (Wildman–Crippen MR) is 79.7 cm³/mol. The quantitative estimate of drug-likeness (QED) is 0.342. The lowest BCUT2D eigenvalue weighted by Crippen LogP contribution is -3.00. The standard InChI is InChI=1S/C11H21N3O6S2.ClH/c1-21(15,16)19-7-9-3-5-14-6-4-10(13-11(14)12-9)8-20-22(2,17)18;/h9-10H,3-8H2,1-2H3,(H,12,13);1H/t9-,10-;/m0./s1. The molecule has 0 fully saturated rings. The maximum Gasteiger partial charge on any atom is 0.346 e. The van der Waals surface area contributed by atoms with E-state index in [0.29, 0.717) is 0 Å². The van der Waals surface area contributed by atoms with E-state index in [9.17, 15) is 16.8 Å². The Morgan fingerprint density at radius 3 is 1.70 bits per heavy atom. The minimum Gasteiger partial charge on any atom is -1.00 e. The van der Waals surface area contributed by atoms with Crippen LogP contribution in [-0.4, -0.2) is 78.3 Å². The van der Waals surface area contributed by atoms with Crippen LogP contribution in [0.15, 0.2) is 0 Å². The van der Waals surface area contributed by atoms with Crippen molar-refractivity contribution in [1.29, 1.82) is 0 Å². The molecule has 0 aromatic heterocycles. The molecule has 2 rings (SSSR count). The van der Waals surface area contributed by atoms with Crippen LogP contribution in [-0.2, 0) is 28.6 Å². The Morgan fingerprint density at radius 2 is 1.35 bits per heavy atom. The molecule has 0 saturated carbocycles. The summed E-state index contributed by atoms with van der Waals surface area (Å²) in [4.78, 5) is 0. The minimum absolute atomic E-state index is 0. The van der Waals surface area contributed by atoms with Crippen molar-refractivity contribution in [3.8, 4) is 0 Å². The van der Waals surface area contributed by atoms with E-state index >= 15 is 0 Å². The number of hydrogen-bond donors (Lipinski definition) is 2. The van der Waals surface area contributed by atoms with Crippen LogP contribution in [0.4, 0.5) is 0 Å². The Hall–Kier alpha value is -0.620. The number of halogens is 1. The molecule has 0 aromatic rings. The van der Waals surface area contributed by atoms with Gasteiger partial charge in [0, 0.05) is 12.8 Å². The first-order valence-electron chi connectivity index (χ1n) is 6.96. The number of nitrogens with zero attached hydrogens (tertiary/aromatic N) is 1. The highest BCUT2D eigenvalue weighted by Crippen LogP contribution is 2.08. The van der Waals surface area contributed by atoms with Crippen LogP contribution in [0, 0.1) is 0 Å². The second-order valence-corrected chi connectivity index (χ2v) is 8.86. The van der Waals surface area contributed by atoms with Crippen molar-refractivity contribution in [2.24, 2.45) is 0 Å².